The molecule has 0 saturated heterocycles. The van der Waals surface area contributed by atoms with E-state index in [9.17, 15) is 0 Å². The lowest BCUT2D eigenvalue weighted by molar-refractivity contribution is 0.683. The fourth-order valence-electron chi connectivity index (χ4n) is 3.09. The van der Waals surface area contributed by atoms with Crippen molar-refractivity contribution >= 4 is 22.9 Å². The lowest BCUT2D eigenvalue weighted by Crippen LogP contribution is -2.24. The molecule has 2 N–H and O–H groups in total. The van der Waals surface area contributed by atoms with E-state index in [-0.39, 0.29) is 0 Å². The van der Waals surface area contributed by atoms with Crippen molar-refractivity contribution in [2.45, 2.75) is 19.9 Å². The Morgan fingerprint density at radius 2 is 2.21 bits per heavy atom. The molecule has 1 aliphatic carbocycles. The summed E-state index contributed by atoms with van der Waals surface area (Å²) < 4.78 is 0. The van der Waals surface area contributed by atoms with Crippen molar-refractivity contribution < 1.29 is 0 Å². The van der Waals surface area contributed by atoms with Crippen LogP contribution in [0.3, 0.4) is 0 Å². The number of nitrogens with one attached hydrogen (secondary N) is 2. The fourth-order valence-corrected chi connectivity index (χ4v) is 3.09. The van der Waals surface area contributed by atoms with E-state index in [2.05, 4.69) is 57.0 Å². The number of anilines is 2. The van der Waals surface area contributed by atoms with Crippen molar-refractivity contribution in [2.75, 3.05) is 10.7 Å². The number of hydrogen-bond donors (Lipinski definition) is 2. The third kappa shape index (κ3) is 2.58. The number of fused-ring (bicyclic) bond motifs is 3. The number of nitrogens with zero attached hydrogens (tertiary/aromatic N) is 3. The average molecular weight is 317 g/mol. The first-order valence-electron chi connectivity index (χ1n) is 8.09. The Kier molecular flexibility index (Phi) is 3.61. The van der Waals surface area contributed by atoms with Gasteiger partial charge in [-0.15, -0.1) is 0 Å². The maximum atomic E-state index is 4.66. The van der Waals surface area contributed by atoms with Gasteiger partial charge in [-0.2, -0.15) is 5.10 Å². The van der Waals surface area contributed by atoms with E-state index in [1.807, 2.05) is 25.1 Å². The maximum absolute atomic E-state index is 4.66. The van der Waals surface area contributed by atoms with Crippen molar-refractivity contribution in [1.82, 2.24) is 9.97 Å². The molecule has 2 aromatic heterocycles. The van der Waals surface area contributed by atoms with Crippen LogP contribution >= 0.6 is 0 Å². The minimum atomic E-state index is 0.313. The van der Waals surface area contributed by atoms with Gasteiger partial charge in [0.1, 0.15) is 11.6 Å². The van der Waals surface area contributed by atoms with E-state index in [0.29, 0.717) is 12.0 Å². The van der Waals surface area contributed by atoms with Crippen LogP contribution in [0, 0.1) is 5.92 Å². The molecule has 0 amide bonds. The average Bonchev–Trinajstić information content (AvgIpc) is 3.00. The monoisotopic (exact) mass is 317 g/mol. The first-order valence-corrected chi connectivity index (χ1v) is 8.09. The molecular formula is C19H19N5. The van der Waals surface area contributed by atoms with Gasteiger partial charge in [0.2, 0.25) is 0 Å². The summed E-state index contributed by atoms with van der Waals surface area (Å²) in [5.41, 5.74) is 7.38. The largest absolute Gasteiger partial charge is 0.362 e. The number of hydrogen-bond acceptors (Lipinski definition) is 5. The SMILES string of the molecule is CC(=NNc1ccc2c(n1)NC1C2=CC=CC1C)c1cccnc1. The van der Waals surface area contributed by atoms with Crippen LogP contribution in [0.2, 0.25) is 0 Å². The highest BCUT2D eigenvalue weighted by atomic mass is 15.3. The molecule has 2 aromatic rings. The Morgan fingerprint density at radius 3 is 3.04 bits per heavy atom. The Hall–Kier alpha value is -2.95. The summed E-state index contributed by atoms with van der Waals surface area (Å²) in [7, 11) is 0. The summed E-state index contributed by atoms with van der Waals surface area (Å²) >= 11 is 0. The van der Waals surface area contributed by atoms with Crippen LogP contribution < -0.4 is 10.7 Å². The molecule has 0 bridgehead atoms. The second-order valence-corrected chi connectivity index (χ2v) is 6.13. The van der Waals surface area contributed by atoms with Gasteiger partial charge < -0.3 is 5.32 Å². The number of rotatable bonds is 3. The predicted molar refractivity (Wildman–Crippen MR) is 98.0 cm³/mol. The van der Waals surface area contributed by atoms with Crippen LogP contribution in [0.25, 0.3) is 5.57 Å². The van der Waals surface area contributed by atoms with Gasteiger partial charge in [0.05, 0.1) is 11.8 Å². The van der Waals surface area contributed by atoms with Gasteiger partial charge in [0.25, 0.3) is 0 Å². The quantitative estimate of drug-likeness (QED) is 0.669. The minimum absolute atomic E-state index is 0.313. The van der Waals surface area contributed by atoms with Gasteiger partial charge in [-0.3, -0.25) is 10.4 Å². The molecule has 2 atom stereocenters. The fraction of sp³-hybridized carbons (Fsp3) is 0.211. The lowest BCUT2D eigenvalue weighted by atomic mass is 9.89. The topological polar surface area (TPSA) is 62.2 Å². The highest BCUT2D eigenvalue weighted by Gasteiger charge is 2.31. The van der Waals surface area contributed by atoms with Gasteiger partial charge in [0.15, 0.2) is 0 Å². The molecule has 0 radical (unpaired) electrons. The van der Waals surface area contributed by atoms with Crippen LogP contribution in [0.15, 0.2) is 60.0 Å². The zero-order chi connectivity index (χ0) is 16.5. The van der Waals surface area contributed by atoms with Gasteiger partial charge in [-0.1, -0.05) is 31.2 Å². The normalized spacial score (nSPS) is 21.6. The highest BCUT2D eigenvalue weighted by Crippen LogP contribution is 2.39. The van der Waals surface area contributed by atoms with E-state index < -0.39 is 0 Å². The number of allylic oxidation sites excluding steroid dienone is 2. The van der Waals surface area contributed by atoms with E-state index in [4.69, 9.17) is 0 Å². The third-order valence-electron chi connectivity index (χ3n) is 4.47. The number of pyridine rings is 2. The smallest absolute Gasteiger partial charge is 0.148 e. The Balaban J connectivity index is 1.56. The molecule has 3 heterocycles. The molecule has 24 heavy (non-hydrogen) atoms. The number of aromatic nitrogens is 2. The Bertz CT molecular complexity index is 851. The van der Waals surface area contributed by atoms with Gasteiger partial charge in [-0.05, 0) is 36.6 Å². The van der Waals surface area contributed by atoms with Crippen LogP contribution in [-0.2, 0) is 0 Å². The molecule has 4 rings (SSSR count). The molecule has 2 unspecified atom stereocenters. The summed E-state index contributed by atoms with van der Waals surface area (Å²) in [5, 5.41) is 7.92. The van der Waals surface area contributed by atoms with Gasteiger partial charge in [0, 0.05) is 23.5 Å². The van der Waals surface area contributed by atoms with Crippen LogP contribution in [0.5, 0.6) is 0 Å². The second kappa shape index (κ2) is 5.92. The number of hydrazone groups is 1. The predicted octanol–water partition coefficient (Wildman–Crippen LogP) is 3.70. The standard InChI is InChI=1S/C19H19N5/c1-12-5-3-7-15-16-8-9-17(21-19(16)22-18(12)15)24-23-13(2)14-6-4-10-20-11-14/h3-12,18H,1-2H3,(H2,21,22,24). The molecule has 5 nitrogen and oxygen atoms in total. The summed E-state index contributed by atoms with van der Waals surface area (Å²) in [6, 6.07) is 8.26. The summed E-state index contributed by atoms with van der Waals surface area (Å²) in [6.07, 6.45) is 10.1. The van der Waals surface area contributed by atoms with Gasteiger partial charge in [-0.25, -0.2) is 4.98 Å². The van der Waals surface area contributed by atoms with Crippen LogP contribution in [-0.4, -0.2) is 21.7 Å². The second-order valence-electron chi connectivity index (χ2n) is 6.13. The third-order valence-corrected chi connectivity index (χ3v) is 4.47. The molecular weight excluding hydrogens is 298 g/mol. The van der Waals surface area contributed by atoms with E-state index in [1.54, 1.807) is 12.4 Å². The Morgan fingerprint density at radius 1 is 1.29 bits per heavy atom. The molecule has 120 valence electrons. The van der Waals surface area contributed by atoms with Crippen molar-refractivity contribution in [3.05, 3.63) is 66.0 Å². The molecule has 0 fully saturated rings. The molecule has 0 aromatic carbocycles. The van der Waals surface area contributed by atoms with Crippen molar-refractivity contribution in [3.63, 3.8) is 0 Å². The van der Waals surface area contributed by atoms with Crippen LogP contribution in [0.4, 0.5) is 11.6 Å². The van der Waals surface area contributed by atoms with E-state index in [0.717, 1.165) is 22.9 Å². The first-order chi connectivity index (χ1) is 11.7. The zero-order valence-corrected chi connectivity index (χ0v) is 13.7. The maximum Gasteiger partial charge on any atom is 0.148 e. The molecule has 0 spiro atoms. The molecule has 5 heteroatoms. The summed E-state index contributed by atoms with van der Waals surface area (Å²) in [6.45, 7) is 4.16. The molecule has 1 aliphatic heterocycles. The summed E-state index contributed by atoms with van der Waals surface area (Å²) in [5.74, 6) is 2.10. The van der Waals surface area contributed by atoms with E-state index in [1.165, 1.54) is 11.1 Å². The highest BCUT2D eigenvalue weighted by molar-refractivity contribution is 5.98. The minimum Gasteiger partial charge on any atom is -0.362 e. The van der Waals surface area contributed by atoms with Crippen molar-refractivity contribution in [3.8, 4) is 0 Å². The lowest BCUT2D eigenvalue weighted by Gasteiger charge is -2.20. The van der Waals surface area contributed by atoms with Crippen molar-refractivity contribution in [1.29, 1.82) is 0 Å². The van der Waals surface area contributed by atoms with Gasteiger partial charge >= 0.3 is 0 Å². The summed E-state index contributed by atoms with van der Waals surface area (Å²) in [4.78, 5) is 8.77. The first kappa shape index (κ1) is 14.6. The van der Waals surface area contributed by atoms with Crippen LogP contribution in [0.1, 0.15) is 25.0 Å². The molecule has 0 saturated carbocycles. The zero-order valence-electron chi connectivity index (χ0n) is 13.7. The Labute approximate surface area is 141 Å². The van der Waals surface area contributed by atoms with E-state index >= 15 is 0 Å². The van der Waals surface area contributed by atoms with Crippen molar-refractivity contribution in [2.24, 2.45) is 11.0 Å². The molecule has 2 aliphatic rings.